The van der Waals surface area contributed by atoms with Gasteiger partial charge in [-0.25, -0.2) is 4.98 Å². The number of β-amino-alcohol motifs (C(OH)–C–C–N with tert-alkyl or cyclic N) is 1. The number of benzene rings is 1. The smallest absolute Gasteiger partial charge is 0.123 e. The summed E-state index contributed by atoms with van der Waals surface area (Å²) in [5.41, 5.74) is 2.80. The van der Waals surface area contributed by atoms with Gasteiger partial charge in [-0.05, 0) is 18.9 Å². The van der Waals surface area contributed by atoms with Crippen LogP contribution in [0.1, 0.15) is 24.6 Å². The Hall–Kier alpha value is -0.940. The van der Waals surface area contributed by atoms with Crippen molar-refractivity contribution in [2.24, 2.45) is 0 Å². The standard InChI is InChI=1S/C16H19ClN2OS/c1-16(20)6-7-19(11-16)9-12-2-4-13(5-3-12)15-18-14(8-17)10-21-15/h2-5,10,20H,6-9,11H2,1H3. The van der Waals surface area contributed by atoms with Gasteiger partial charge >= 0.3 is 0 Å². The van der Waals surface area contributed by atoms with Gasteiger partial charge in [0.05, 0.1) is 17.2 Å². The molecule has 0 aliphatic carbocycles. The van der Waals surface area contributed by atoms with Gasteiger partial charge < -0.3 is 5.11 Å². The predicted octanol–water partition coefficient (Wildman–Crippen LogP) is 3.51. The first-order chi connectivity index (χ1) is 10.1. The van der Waals surface area contributed by atoms with Crippen molar-refractivity contribution in [2.45, 2.75) is 31.4 Å². The molecule has 0 amide bonds. The van der Waals surface area contributed by atoms with Crippen molar-refractivity contribution in [3.05, 3.63) is 40.9 Å². The number of hydrogen-bond donors (Lipinski definition) is 1. The molecule has 1 aromatic heterocycles. The van der Waals surface area contributed by atoms with Gasteiger partial charge in [0.25, 0.3) is 0 Å². The van der Waals surface area contributed by atoms with Gasteiger partial charge in [-0.1, -0.05) is 24.3 Å². The molecule has 1 N–H and O–H groups in total. The zero-order chi connectivity index (χ0) is 14.9. The Labute approximate surface area is 134 Å². The minimum atomic E-state index is -0.529. The lowest BCUT2D eigenvalue weighted by molar-refractivity contribution is 0.0679. The van der Waals surface area contributed by atoms with E-state index >= 15 is 0 Å². The second kappa shape index (κ2) is 6.05. The maximum absolute atomic E-state index is 10.0. The molecule has 1 atom stereocenters. The monoisotopic (exact) mass is 322 g/mol. The molecule has 112 valence electrons. The van der Waals surface area contributed by atoms with E-state index in [0.717, 1.165) is 42.3 Å². The third-order valence-electron chi connectivity index (χ3n) is 3.83. The maximum atomic E-state index is 10.0. The molecule has 1 aliphatic heterocycles. The SMILES string of the molecule is CC1(O)CCN(Cc2ccc(-c3nc(CCl)cs3)cc2)C1. The summed E-state index contributed by atoms with van der Waals surface area (Å²) < 4.78 is 0. The fraction of sp³-hybridized carbons (Fsp3) is 0.438. The van der Waals surface area contributed by atoms with Crippen LogP contribution in [0.5, 0.6) is 0 Å². The lowest BCUT2D eigenvalue weighted by atomic mass is 10.1. The van der Waals surface area contributed by atoms with Crippen LogP contribution in [0, 0.1) is 0 Å². The lowest BCUT2D eigenvalue weighted by Crippen LogP contribution is -2.29. The topological polar surface area (TPSA) is 36.4 Å². The molecule has 0 bridgehead atoms. The summed E-state index contributed by atoms with van der Waals surface area (Å²) in [6.45, 7) is 4.51. The van der Waals surface area contributed by atoms with Crippen molar-refractivity contribution >= 4 is 22.9 Å². The summed E-state index contributed by atoms with van der Waals surface area (Å²) in [5, 5.41) is 13.0. The second-order valence-corrected chi connectivity index (χ2v) is 7.06. The van der Waals surface area contributed by atoms with E-state index in [-0.39, 0.29) is 0 Å². The number of rotatable bonds is 4. The first-order valence-electron chi connectivity index (χ1n) is 7.10. The van der Waals surface area contributed by atoms with Gasteiger partial charge in [-0.15, -0.1) is 22.9 Å². The van der Waals surface area contributed by atoms with Crippen molar-refractivity contribution in [3.8, 4) is 10.6 Å². The average molecular weight is 323 g/mol. The predicted molar refractivity (Wildman–Crippen MR) is 87.6 cm³/mol. The van der Waals surface area contributed by atoms with E-state index < -0.39 is 5.60 Å². The Morgan fingerprint density at radius 3 is 2.71 bits per heavy atom. The highest BCUT2D eigenvalue weighted by Gasteiger charge is 2.30. The van der Waals surface area contributed by atoms with Crippen LogP contribution >= 0.6 is 22.9 Å². The molecular formula is C16H19ClN2OS. The number of aromatic nitrogens is 1. The van der Waals surface area contributed by atoms with Crippen molar-refractivity contribution in [2.75, 3.05) is 13.1 Å². The second-order valence-electron chi connectivity index (χ2n) is 5.93. The number of alkyl halides is 1. The molecule has 2 heterocycles. The number of likely N-dealkylation sites (tertiary alicyclic amines) is 1. The molecule has 0 radical (unpaired) electrons. The van der Waals surface area contributed by atoms with Crippen LogP contribution in [0.3, 0.4) is 0 Å². The first-order valence-corrected chi connectivity index (χ1v) is 8.52. The van der Waals surface area contributed by atoms with Crippen LogP contribution in [0.25, 0.3) is 10.6 Å². The van der Waals surface area contributed by atoms with E-state index in [1.165, 1.54) is 5.56 Å². The van der Waals surface area contributed by atoms with E-state index in [2.05, 4.69) is 34.1 Å². The van der Waals surface area contributed by atoms with E-state index in [4.69, 9.17) is 11.6 Å². The van der Waals surface area contributed by atoms with E-state index in [0.29, 0.717) is 5.88 Å². The molecule has 3 rings (SSSR count). The third kappa shape index (κ3) is 3.64. The minimum Gasteiger partial charge on any atom is -0.389 e. The van der Waals surface area contributed by atoms with Crippen LogP contribution in [0.15, 0.2) is 29.6 Å². The van der Waals surface area contributed by atoms with Crippen molar-refractivity contribution in [1.29, 1.82) is 0 Å². The summed E-state index contributed by atoms with van der Waals surface area (Å²) >= 11 is 7.42. The van der Waals surface area contributed by atoms with Crippen molar-refractivity contribution in [3.63, 3.8) is 0 Å². The molecule has 1 aromatic carbocycles. The van der Waals surface area contributed by atoms with E-state index in [9.17, 15) is 5.11 Å². The zero-order valence-electron chi connectivity index (χ0n) is 12.1. The van der Waals surface area contributed by atoms with Gasteiger partial charge in [0.2, 0.25) is 0 Å². The highest BCUT2D eigenvalue weighted by atomic mass is 35.5. The minimum absolute atomic E-state index is 0.462. The lowest BCUT2D eigenvalue weighted by Gasteiger charge is -2.18. The summed E-state index contributed by atoms with van der Waals surface area (Å²) in [4.78, 5) is 6.79. The summed E-state index contributed by atoms with van der Waals surface area (Å²) in [5.74, 6) is 0.462. The molecule has 1 aliphatic rings. The Balaban J connectivity index is 1.67. The fourth-order valence-electron chi connectivity index (χ4n) is 2.69. The number of nitrogens with zero attached hydrogens (tertiary/aromatic N) is 2. The van der Waals surface area contributed by atoms with Gasteiger partial charge in [-0.2, -0.15) is 0 Å². The van der Waals surface area contributed by atoms with Gasteiger partial charge in [0, 0.05) is 30.6 Å². The fourth-order valence-corrected chi connectivity index (χ4v) is 3.74. The third-order valence-corrected chi connectivity index (χ3v) is 5.04. The molecule has 1 fully saturated rings. The number of aliphatic hydroxyl groups is 1. The van der Waals surface area contributed by atoms with Crippen LogP contribution in [0.4, 0.5) is 0 Å². The number of halogens is 1. The largest absolute Gasteiger partial charge is 0.389 e. The molecule has 1 unspecified atom stereocenters. The van der Waals surface area contributed by atoms with E-state index in [1.54, 1.807) is 11.3 Å². The van der Waals surface area contributed by atoms with Crippen molar-refractivity contribution in [1.82, 2.24) is 9.88 Å². The van der Waals surface area contributed by atoms with Gasteiger partial charge in [-0.3, -0.25) is 4.90 Å². The van der Waals surface area contributed by atoms with Gasteiger partial charge in [0.1, 0.15) is 5.01 Å². The Bertz CT molecular complexity index is 609. The molecule has 21 heavy (non-hydrogen) atoms. The van der Waals surface area contributed by atoms with Gasteiger partial charge in [0.15, 0.2) is 0 Å². The molecule has 0 saturated carbocycles. The highest BCUT2D eigenvalue weighted by Crippen LogP contribution is 2.26. The summed E-state index contributed by atoms with van der Waals surface area (Å²) in [6, 6.07) is 8.51. The molecule has 0 spiro atoms. The number of hydrogen-bond acceptors (Lipinski definition) is 4. The quantitative estimate of drug-likeness (QED) is 0.875. The molecule has 5 heteroatoms. The molecular weight excluding hydrogens is 304 g/mol. The summed E-state index contributed by atoms with van der Waals surface area (Å²) in [6.07, 6.45) is 0.853. The first kappa shape index (κ1) is 15.0. The highest BCUT2D eigenvalue weighted by molar-refractivity contribution is 7.13. The van der Waals surface area contributed by atoms with Crippen LogP contribution in [-0.2, 0) is 12.4 Å². The zero-order valence-corrected chi connectivity index (χ0v) is 13.6. The van der Waals surface area contributed by atoms with Crippen LogP contribution < -0.4 is 0 Å². The normalized spacial score (nSPS) is 22.8. The maximum Gasteiger partial charge on any atom is 0.123 e. The summed E-state index contributed by atoms with van der Waals surface area (Å²) in [7, 11) is 0. The van der Waals surface area contributed by atoms with E-state index in [1.807, 2.05) is 12.3 Å². The van der Waals surface area contributed by atoms with Crippen LogP contribution in [-0.4, -0.2) is 33.7 Å². The Morgan fingerprint density at radius 2 is 2.14 bits per heavy atom. The average Bonchev–Trinajstić information content (AvgIpc) is 3.06. The number of thiazole rings is 1. The van der Waals surface area contributed by atoms with Crippen molar-refractivity contribution < 1.29 is 5.11 Å². The van der Waals surface area contributed by atoms with Crippen LogP contribution in [0.2, 0.25) is 0 Å². The molecule has 1 saturated heterocycles. The Morgan fingerprint density at radius 1 is 1.38 bits per heavy atom. The molecule has 2 aromatic rings. The Kier molecular flexibility index (Phi) is 4.31. The molecule has 3 nitrogen and oxygen atoms in total.